The van der Waals surface area contributed by atoms with Crippen molar-refractivity contribution in [2.24, 2.45) is 16.6 Å². The Hall–Kier alpha value is -5.01. The van der Waals surface area contributed by atoms with E-state index in [2.05, 4.69) is 25.0 Å². The van der Waals surface area contributed by atoms with Crippen LogP contribution in [0.5, 0.6) is 0 Å². The van der Waals surface area contributed by atoms with Crippen LogP contribution in [0, 0.1) is 5.92 Å². The molecule has 2 aliphatic heterocycles. The first-order chi connectivity index (χ1) is 21.3. The Bertz CT molecular complexity index is 1660. The molecule has 3 N–H and O–H groups in total. The number of nitrogens with two attached hydrogens (primary N) is 1. The van der Waals surface area contributed by atoms with Gasteiger partial charge in [-0.3, -0.25) is 19.8 Å². The predicted octanol–water partition coefficient (Wildman–Crippen LogP) is 4.82. The Morgan fingerprint density at radius 2 is 1.87 bits per heavy atom. The molecular weight excluding hydrogens is 591 g/mol. The van der Waals surface area contributed by atoms with Crippen molar-refractivity contribution < 1.29 is 32.3 Å². The Morgan fingerprint density at radius 1 is 1.13 bits per heavy atom. The summed E-state index contributed by atoms with van der Waals surface area (Å²) in [7, 11) is 1.17. The van der Waals surface area contributed by atoms with Gasteiger partial charge >= 0.3 is 12.3 Å². The highest BCUT2D eigenvalue weighted by Crippen LogP contribution is 2.40. The number of hydrogen-bond donors (Lipinski definition) is 2. The minimum absolute atomic E-state index is 0.0339. The first-order valence-electron chi connectivity index (χ1n) is 14.2. The molecule has 0 radical (unpaired) electrons. The number of benzene rings is 2. The Morgan fingerprint density at radius 3 is 2.53 bits per heavy atom. The number of ether oxygens (including phenoxy) is 1. The summed E-state index contributed by atoms with van der Waals surface area (Å²) >= 11 is 0. The van der Waals surface area contributed by atoms with Crippen molar-refractivity contribution >= 4 is 29.8 Å². The van der Waals surface area contributed by atoms with Gasteiger partial charge in [0.15, 0.2) is 11.5 Å². The van der Waals surface area contributed by atoms with E-state index in [1.54, 1.807) is 24.3 Å². The van der Waals surface area contributed by atoms with Crippen LogP contribution in [-0.2, 0) is 40.9 Å². The van der Waals surface area contributed by atoms with Crippen LogP contribution in [0.3, 0.4) is 0 Å². The van der Waals surface area contributed by atoms with Gasteiger partial charge in [0.2, 0.25) is 5.95 Å². The van der Waals surface area contributed by atoms with Crippen molar-refractivity contribution in [1.82, 2.24) is 19.8 Å². The molecule has 0 bridgehead atoms. The lowest BCUT2D eigenvalue weighted by Gasteiger charge is -2.27. The van der Waals surface area contributed by atoms with Crippen LogP contribution in [0.15, 0.2) is 59.7 Å². The van der Waals surface area contributed by atoms with Crippen molar-refractivity contribution in [1.29, 1.82) is 0 Å². The van der Waals surface area contributed by atoms with Crippen molar-refractivity contribution in [3.63, 3.8) is 0 Å². The molecule has 3 heterocycles. The number of fused-ring (bicyclic) bond motifs is 1. The van der Waals surface area contributed by atoms with E-state index >= 15 is 0 Å². The molecule has 45 heavy (non-hydrogen) atoms. The molecule has 14 heteroatoms. The van der Waals surface area contributed by atoms with Gasteiger partial charge in [-0.25, -0.2) is 19.8 Å². The van der Waals surface area contributed by atoms with Crippen LogP contribution >= 0.6 is 0 Å². The highest BCUT2D eigenvalue weighted by molar-refractivity contribution is 6.07. The van der Waals surface area contributed by atoms with Gasteiger partial charge in [-0.05, 0) is 42.0 Å². The van der Waals surface area contributed by atoms with E-state index in [0.29, 0.717) is 29.7 Å². The number of aliphatic imine (C=N–C) groups is 1. The van der Waals surface area contributed by atoms with Gasteiger partial charge in [0.25, 0.3) is 11.8 Å². The molecule has 1 aromatic heterocycles. The van der Waals surface area contributed by atoms with Crippen molar-refractivity contribution in [2.75, 3.05) is 12.4 Å². The normalized spacial score (nSPS) is 17.8. The average molecular weight is 624 g/mol. The fourth-order valence-electron chi connectivity index (χ4n) is 5.46. The number of guanidine groups is 1. The number of hydrogen-bond acceptors (Lipinski definition) is 8. The molecule has 0 fully saturated rings. The second-order valence-corrected chi connectivity index (χ2v) is 11.3. The molecule has 2 aromatic carbocycles. The Kier molecular flexibility index (Phi) is 8.50. The summed E-state index contributed by atoms with van der Waals surface area (Å²) in [6.07, 6.45) is -3.14. The number of halogens is 3. The second-order valence-electron chi connectivity index (χ2n) is 11.3. The van der Waals surface area contributed by atoms with Gasteiger partial charge in [-0.15, -0.1) is 0 Å². The minimum atomic E-state index is -4.82. The fourth-order valence-corrected chi connectivity index (χ4v) is 5.46. The summed E-state index contributed by atoms with van der Waals surface area (Å²) in [5.41, 5.74) is 5.17. The van der Waals surface area contributed by atoms with E-state index in [1.807, 2.05) is 19.9 Å². The number of methoxy groups -OCH3 is 1. The first-order valence-corrected chi connectivity index (χ1v) is 14.2. The minimum Gasteiger partial charge on any atom is -0.453 e. The van der Waals surface area contributed by atoms with Gasteiger partial charge in [-0.2, -0.15) is 13.2 Å². The van der Waals surface area contributed by atoms with Crippen molar-refractivity contribution in [2.45, 2.75) is 58.0 Å². The first kappa shape index (κ1) is 31.4. The summed E-state index contributed by atoms with van der Waals surface area (Å²) in [5, 5.41) is 2.32. The highest BCUT2D eigenvalue weighted by Gasteiger charge is 2.49. The number of aromatic nitrogens is 2. The number of nitrogens with zero attached hydrogens (tertiary/aromatic N) is 5. The van der Waals surface area contributed by atoms with Gasteiger partial charge in [-0.1, -0.05) is 50.2 Å². The lowest BCUT2D eigenvalue weighted by Crippen LogP contribution is -2.42. The predicted molar refractivity (Wildman–Crippen MR) is 157 cm³/mol. The Labute approximate surface area is 257 Å². The van der Waals surface area contributed by atoms with Crippen LogP contribution in [0.2, 0.25) is 0 Å². The van der Waals surface area contributed by atoms with E-state index in [-0.39, 0.29) is 48.9 Å². The van der Waals surface area contributed by atoms with Crippen LogP contribution in [0.1, 0.15) is 65.0 Å². The molecule has 1 atom stereocenters. The molecule has 11 nitrogen and oxygen atoms in total. The second kappa shape index (κ2) is 12.2. The van der Waals surface area contributed by atoms with Crippen LogP contribution in [-0.4, -0.2) is 50.7 Å². The van der Waals surface area contributed by atoms with Crippen molar-refractivity contribution in [3.8, 4) is 0 Å². The summed E-state index contributed by atoms with van der Waals surface area (Å²) in [6, 6.07) is 12.3. The average Bonchev–Trinajstić information content (AvgIpc) is 3.54. The maximum Gasteiger partial charge on any atom is 0.417 e. The molecule has 3 amide bonds. The number of nitrogens with one attached hydrogen (secondary N) is 1. The van der Waals surface area contributed by atoms with E-state index < -0.39 is 34.8 Å². The summed E-state index contributed by atoms with van der Waals surface area (Å²) in [6.45, 7) is 3.75. The smallest absolute Gasteiger partial charge is 0.417 e. The van der Waals surface area contributed by atoms with E-state index in [0.717, 1.165) is 12.1 Å². The number of anilines is 1. The molecule has 5 rings (SSSR count). The zero-order valence-electron chi connectivity index (χ0n) is 24.9. The molecule has 3 aromatic rings. The number of rotatable bonds is 8. The van der Waals surface area contributed by atoms with Crippen molar-refractivity contribution in [3.05, 3.63) is 88.2 Å². The van der Waals surface area contributed by atoms with Gasteiger partial charge in [0, 0.05) is 18.3 Å². The van der Waals surface area contributed by atoms with E-state index in [4.69, 9.17) is 5.73 Å². The molecular formula is C31H32F3N7O4. The summed E-state index contributed by atoms with van der Waals surface area (Å²) in [4.78, 5) is 54.4. The fraction of sp³-hybridized carbons (Fsp3) is 0.355. The quantitative estimate of drug-likeness (QED) is 0.366. The van der Waals surface area contributed by atoms with E-state index in [1.165, 1.54) is 29.2 Å². The topological polar surface area (TPSA) is 143 Å². The third kappa shape index (κ3) is 6.30. The van der Waals surface area contributed by atoms with E-state index in [9.17, 15) is 27.6 Å². The van der Waals surface area contributed by atoms with Gasteiger partial charge in [0.1, 0.15) is 0 Å². The molecule has 0 saturated carbocycles. The number of alkyl halides is 3. The van der Waals surface area contributed by atoms with Crippen LogP contribution in [0.25, 0.3) is 0 Å². The molecule has 0 aliphatic carbocycles. The molecule has 1 unspecified atom stereocenters. The molecule has 236 valence electrons. The standard InChI is InChI=1S/C31H32F3N7O4/c1-18(2)11-12-30(21-7-5-4-6-8-21)26(43)41(27(35)39-30)15-19-9-10-23(31(32,33)34)22(13-19)25(42)40-16-20-14-36-28(37-24(20)17-40)38-29(44)45-3/h4-10,13-14,18H,11-12,15-17H2,1-3H3,(H2,35,39)(H,36,37,38,44). The number of amides is 3. The summed E-state index contributed by atoms with van der Waals surface area (Å²) in [5.74, 6) is -1.10. The zero-order valence-corrected chi connectivity index (χ0v) is 24.9. The lowest BCUT2D eigenvalue weighted by molar-refractivity contribution is -0.138. The Balaban J connectivity index is 1.42. The molecule has 0 saturated heterocycles. The largest absolute Gasteiger partial charge is 0.453 e. The monoisotopic (exact) mass is 623 g/mol. The maximum absolute atomic E-state index is 14.1. The van der Waals surface area contributed by atoms with Gasteiger partial charge in [0.05, 0.1) is 37.0 Å². The molecule has 0 spiro atoms. The zero-order chi connectivity index (χ0) is 32.5. The highest BCUT2D eigenvalue weighted by atomic mass is 19.4. The summed E-state index contributed by atoms with van der Waals surface area (Å²) < 4.78 is 46.9. The third-order valence-electron chi connectivity index (χ3n) is 7.82. The third-order valence-corrected chi connectivity index (χ3v) is 7.82. The molecule has 2 aliphatic rings. The lowest BCUT2D eigenvalue weighted by atomic mass is 9.83. The van der Waals surface area contributed by atoms with Crippen LogP contribution < -0.4 is 11.1 Å². The number of carbonyl (C=O) groups is 3. The van der Waals surface area contributed by atoms with Gasteiger partial charge < -0.3 is 15.4 Å². The SMILES string of the molecule is COC(=O)Nc1ncc2c(n1)CN(C(=O)c1cc(CN3C(=O)C(CCC(C)C)(c4ccccc4)N=C3N)ccc1C(F)(F)F)C2. The number of carbonyl (C=O) groups excluding carboxylic acids is 3. The maximum atomic E-state index is 14.1. The van der Waals surface area contributed by atoms with Crippen LogP contribution in [0.4, 0.5) is 23.9 Å².